The van der Waals surface area contributed by atoms with Gasteiger partial charge in [-0.3, -0.25) is 9.59 Å². The molecule has 34 heavy (non-hydrogen) atoms. The number of Topliss-reactive ketones (excluding diaryl/α,β-unsaturated/α-hetero) is 1. The molecule has 1 fully saturated rings. The van der Waals surface area contributed by atoms with Crippen LogP contribution in [0.15, 0.2) is 78.4 Å². The zero-order chi connectivity index (χ0) is 24.2. The summed E-state index contributed by atoms with van der Waals surface area (Å²) in [5.74, 6) is -0.692. The Morgan fingerprint density at radius 1 is 0.941 bits per heavy atom. The van der Waals surface area contributed by atoms with E-state index < -0.39 is 17.7 Å². The SMILES string of the molecule is CCCN1C(=O)C(=O)/C(=C(/O)c2ccc(OCc3ccccc3)c(C)c2)C1c1ccccc1C. The molecule has 174 valence electrons. The topological polar surface area (TPSA) is 66.8 Å². The fraction of sp³-hybridized carbons (Fsp3) is 0.241. The Bertz CT molecular complexity index is 1250. The average molecular weight is 456 g/mol. The van der Waals surface area contributed by atoms with Crippen molar-refractivity contribution in [2.24, 2.45) is 0 Å². The maximum absolute atomic E-state index is 13.1. The van der Waals surface area contributed by atoms with Gasteiger partial charge in [0, 0.05) is 12.1 Å². The van der Waals surface area contributed by atoms with Gasteiger partial charge in [-0.15, -0.1) is 0 Å². The molecule has 1 saturated heterocycles. The second-order valence-electron chi connectivity index (χ2n) is 8.60. The molecule has 5 heteroatoms. The van der Waals surface area contributed by atoms with Gasteiger partial charge in [0.1, 0.15) is 18.1 Å². The molecule has 3 aromatic carbocycles. The van der Waals surface area contributed by atoms with E-state index in [4.69, 9.17) is 4.74 Å². The van der Waals surface area contributed by atoms with Gasteiger partial charge in [-0.05, 0) is 60.7 Å². The van der Waals surface area contributed by atoms with Crippen LogP contribution in [0.4, 0.5) is 0 Å². The number of hydrogen-bond donors (Lipinski definition) is 1. The van der Waals surface area contributed by atoms with Crippen molar-refractivity contribution in [1.29, 1.82) is 0 Å². The fourth-order valence-electron chi connectivity index (χ4n) is 4.42. The second kappa shape index (κ2) is 9.96. The molecule has 1 N–H and O–H groups in total. The van der Waals surface area contributed by atoms with Crippen LogP contribution in [0.1, 0.15) is 47.2 Å². The molecule has 5 nitrogen and oxygen atoms in total. The molecule has 1 heterocycles. The van der Waals surface area contributed by atoms with Gasteiger partial charge >= 0.3 is 0 Å². The maximum Gasteiger partial charge on any atom is 0.295 e. The van der Waals surface area contributed by atoms with Gasteiger partial charge in [0.15, 0.2) is 0 Å². The molecule has 1 aliphatic heterocycles. The molecular formula is C29H29NO4. The average Bonchev–Trinajstić information content (AvgIpc) is 3.09. The molecule has 4 rings (SSSR count). The minimum Gasteiger partial charge on any atom is -0.507 e. The number of aryl methyl sites for hydroxylation is 2. The van der Waals surface area contributed by atoms with Gasteiger partial charge in [-0.2, -0.15) is 0 Å². The smallest absolute Gasteiger partial charge is 0.295 e. The summed E-state index contributed by atoms with van der Waals surface area (Å²) in [7, 11) is 0. The quantitative estimate of drug-likeness (QED) is 0.281. The van der Waals surface area contributed by atoms with Gasteiger partial charge < -0.3 is 14.7 Å². The van der Waals surface area contributed by atoms with Gasteiger partial charge in [-0.25, -0.2) is 0 Å². The Balaban J connectivity index is 1.71. The molecule has 0 aliphatic carbocycles. The third-order valence-electron chi connectivity index (χ3n) is 6.17. The van der Waals surface area contributed by atoms with Crippen LogP contribution in [-0.4, -0.2) is 28.2 Å². The summed E-state index contributed by atoms with van der Waals surface area (Å²) < 4.78 is 5.95. The number of ketones is 1. The van der Waals surface area contributed by atoms with E-state index in [1.165, 1.54) is 0 Å². The van der Waals surface area contributed by atoms with E-state index in [1.54, 1.807) is 23.1 Å². The highest BCUT2D eigenvalue weighted by molar-refractivity contribution is 6.46. The van der Waals surface area contributed by atoms with Crippen LogP contribution in [0.25, 0.3) is 5.76 Å². The minimum atomic E-state index is -0.652. The number of ether oxygens (including phenoxy) is 1. The lowest BCUT2D eigenvalue weighted by Gasteiger charge is -2.26. The molecule has 0 saturated carbocycles. The van der Waals surface area contributed by atoms with Crippen molar-refractivity contribution < 1.29 is 19.4 Å². The van der Waals surface area contributed by atoms with Crippen molar-refractivity contribution in [2.45, 2.75) is 39.8 Å². The van der Waals surface area contributed by atoms with E-state index >= 15 is 0 Å². The number of carbonyl (C=O) groups excluding carboxylic acids is 2. The monoisotopic (exact) mass is 455 g/mol. The lowest BCUT2D eigenvalue weighted by atomic mass is 9.92. The molecular weight excluding hydrogens is 426 g/mol. The van der Waals surface area contributed by atoms with Crippen molar-refractivity contribution in [3.63, 3.8) is 0 Å². The molecule has 1 unspecified atom stereocenters. The summed E-state index contributed by atoms with van der Waals surface area (Å²) in [6, 6.07) is 22.2. The number of likely N-dealkylation sites (tertiary alicyclic amines) is 1. The Kier molecular flexibility index (Phi) is 6.82. The van der Waals surface area contributed by atoms with E-state index in [0.29, 0.717) is 30.9 Å². The number of aliphatic hydroxyl groups excluding tert-OH is 1. The van der Waals surface area contributed by atoms with Crippen LogP contribution < -0.4 is 4.74 Å². The third-order valence-corrected chi connectivity index (χ3v) is 6.17. The molecule has 1 amide bonds. The van der Waals surface area contributed by atoms with Crippen LogP contribution in [0.3, 0.4) is 0 Å². The molecule has 1 atom stereocenters. The molecule has 3 aromatic rings. The second-order valence-corrected chi connectivity index (χ2v) is 8.60. The van der Waals surface area contributed by atoms with Crippen LogP contribution >= 0.6 is 0 Å². The van der Waals surface area contributed by atoms with E-state index in [9.17, 15) is 14.7 Å². The van der Waals surface area contributed by atoms with Gasteiger partial charge in [-0.1, -0.05) is 61.5 Å². The van der Waals surface area contributed by atoms with Crippen LogP contribution in [0.5, 0.6) is 5.75 Å². The molecule has 1 aliphatic rings. The first-order valence-corrected chi connectivity index (χ1v) is 11.5. The third kappa shape index (κ3) is 4.46. The predicted molar refractivity (Wildman–Crippen MR) is 132 cm³/mol. The molecule has 0 spiro atoms. The van der Waals surface area contributed by atoms with Crippen LogP contribution in [0, 0.1) is 13.8 Å². The molecule has 0 radical (unpaired) electrons. The first kappa shape index (κ1) is 23.3. The van der Waals surface area contributed by atoms with E-state index in [-0.39, 0.29) is 11.3 Å². The van der Waals surface area contributed by atoms with Crippen molar-refractivity contribution >= 4 is 17.4 Å². The van der Waals surface area contributed by atoms with Crippen LogP contribution in [0.2, 0.25) is 0 Å². The van der Waals surface area contributed by atoms with Crippen molar-refractivity contribution in [3.8, 4) is 5.75 Å². The number of aliphatic hydroxyl groups is 1. The summed E-state index contributed by atoms with van der Waals surface area (Å²) in [6.07, 6.45) is 0.710. The number of nitrogens with zero attached hydrogens (tertiary/aromatic N) is 1. The summed E-state index contributed by atoms with van der Waals surface area (Å²) in [5.41, 5.74) is 4.31. The number of hydrogen-bond acceptors (Lipinski definition) is 4. The molecule has 0 aromatic heterocycles. The van der Waals surface area contributed by atoms with E-state index in [1.807, 2.05) is 75.4 Å². The highest BCUT2D eigenvalue weighted by atomic mass is 16.5. The Morgan fingerprint density at radius 2 is 1.65 bits per heavy atom. The number of benzene rings is 3. The van der Waals surface area contributed by atoms with Gasteiger partial charge in [0.05, 0.1) is 11.6 Å². The van der Waals surface area contributed by atoms with Gasteiger partial charge in [0.2, 0.25) is 0 Å². The lowest BCUT2D eigenvalue weighted by molar-refractivity contribution is -0.139. The zero-order valence-electron chi connectivity index (χ0n) is 19.7. The number of rotatable bonds is 7. The fourth-order valence-corrected chi connectivity index (χ4v) is 4.42. The molecule has 0 bridgehead atoms. The largest absolute Gasteiger partial charge is 0.507 e. The first-order valence-electron chi connectivity index (χ1n) is 11.5. The van der Waals surface area contributed by atoms with E-state index in [0.717, 1.165) is 22.3 Å². The maximum atomic E-state index is 13.1. The summed E-state index contributed by atoms with van der Waals surface area (Å²) in [5, 5.41) is 11.3. The highest BCUT2D eigenvalue weighted by Gasteiger charge is 2.46. The summed E-state index contributed by atoms with van der Waals surface area (Å²) in [4.78, 5) is 27.5. The van der Waals surface area contributed by atoms with E-state index in [2.05, 4.69) is 0 Å². The summed E-state index contributed by atoms with van der Waals surface area (Å²) >= 11 is 0. The minimum absolute atomic E-state index is 0.130. The highest BCUT2D eigenvalue weighted by Crippen LogP contribution is 2.41. The number of carbonyl (C=O) groups is 2. The Labute approximate surface area is 200 Å². The Morgan fingerprint density at radius 3 is 2.32 bits per heavy atom. The van der Waals surface area contributed by atoms with Crippen molar-refractivity contribution in [2.75, 3.05) is 6.54 Å². The number of amides is 1. The lowest BCUT2D eigenvalue weighted by Crippen LogP contribution is -2.30. The Hall–Kier alpha value is -3.86. The standard InChI is InChI=1S/C29H29NO4/c1-4-16-30-26(23-13-9-8-10-19(23)2)25(28(32)29(30)33)27(31)22-14-15-24(20(3)17-22)34-18-21-11-6-5-7-12-21/h5-15,17,26,31H,4,16,18H2,1-3H3/b27-25+. The van der Waals surface area contributed by atoms with Crippen molar-refractivity contribution in [3.05, 3.63) is 106 Å². The predicted octanol–water partition coefficient (Wildman–Crippen LogP) is 5.71. The summed E-state index contributed by atoms with van der Waals surface area (Å²) in [6.45, 7) is 6.68. The normalized spacial score (nSPS) is 17.3. The first-order chi connectivity index (χ1) is 16.4. The van der Waals surface area contributed by atoms with Gasteiger partial charge in [0.25, 0.3) is 11.7 Å². The van der Waals surface area contributed by atoms with Crippen LogP contribution in [-0.2, 0) is 16.2 Å². The van der Waals surface area contributed by atoms with Crippen molar-refractivity contribution in [1.82, 2.24) is 4.90 Å². The zero-order valence-corrected chi connectivity index (χ0v) is 19.7.